The van der Waals surface area contributed by atoms with Gasteiger partial charge in [0.25, 0.3) is 0 Å². The molecule has 0 aromatic carbocycles. The molecule has 0 saturated carbocycles. The first kappa shape index (κ1) is 33.2. The SMILES string of the molecule is CCO[Si](CCCC(CCC[Si](OCC)(OCC)OCC)CS[PH](O)=S)(OCC)OCC. The van der Waals surface area contributed by atoms with Crippen molar-refractivity contribution in [2.24, 2.45) is 5.92 Å². The minimum Gasteiger partial charge on any atom is -0.374 e. The van der Waals surface area contributed by atoms with Crippen LogP contribution in [0, 0.1) is 5.92 Å². The highest BCUT2D eigenvalue weighted by Crippen LogP contribution is 2.37. The zero-order valence-electron chi connectivity index (χ0n) is 21.0. The van der Waals surface area contributed by atoms with Crippen LogP contribution in [-0.2, 0) is 38.4 Å². The highest BCUT2D eigenvalue weighted by molar-refractivity contribution is 8.62. The van der Waals surface area contributed by atoms with Crippen molar-refractivity contribution in [3.8, 4) is 0 Å². The molecule has 0 amide bonds. The summed E-state index contributed by atoms with van der Waals surface area (Å²) in [6.45, 7) is 15.5. The van der Waals surface area contributed by atoms with Crippen LogP contribution < -0.4 is 0 Å². The van der Waals surface area contributed by atoms with E-state index in [9.17, 15) is 4.89 Å². The molecule has 32 heavy (non-hydrogen) atoms. The minimum absolute atomic E-state index is 0.447. The molecule has 0 spiro atoms. The van der Waals surface area contributed by atoms with Crippen LogP contribution in [0.25, 0.3) is 0 Å². The Morgan fingerprint density at radius 1 is 0.688 bits per heavy atom. The van der Waals surface area contributed by atoms with E-state index in [2.05, 4.69) is 0 Å². The van der Waals surface area contributed by atoms with E-state index in [4.69, 9.17) is 38.4 Å². The molecule has 0 heterocycles. The molecule has 7 nitrogen and oxygen atoms in total. The molecule has 0 aliphatic heterocycles. The van der Waals surface area contributed by atoms with Crippen LogP contribution in [0.5, 0.6) is 0 Å². The first-order valence-electron chi connectivity index (χ1n) is 12.1. The van der Waals surface area contributed by atoms with E-state index in [0.717, 1.165) is 43.5 Å². The Morgan fingerprint density at radius 3 is 1.25 bits per heavy atom. The summed E-state index contributed by atoms with van der Waals surface area (Å²) < 4.78 is 35.9. The molecule has 194 valence electrons. The van der Waals surface area contributed by atoms with Gasteiger partial charge in [-0.1, -0.05) is 11.8 Å². The molecule has 1 atom stereocenters. The van der Waals surface area contributed by atoms with Crippen molar-refractivity contribution in [2.75, 3.05) is 45.4 Å². The summed E-state index contributed by atoms with van der Waals surface area (Å²) in [5.41, 5.74) is 0. The van der Waals surface area contributed by atoms with E-state index in [-0.39, 0.29) is 0 Å². The van der Waals surface area contributed by atoms with Crippen molar-refractivity contribution in [3.05, 3.63) is 0 Å². The summed E-state index contributed by atoms with van der Waals surface area (Å²) in [4.78, 5) is 9.70. The smallest absolute Gasteiger partial charge is 0.374 e. The van der Waals surface area contributed by atoms with Crippen LogP contribution in [0.3, 0.4) is 0 Å². The van der Waals surface area contributed by atoms with Crippen molar-refractivity contribution >= 4 is 46.9 Å². The summed E-state index contributed by atoms with van der Waals surface area (Å²) in [7, 11) is -5.25. The highest BCUT2D eigenvalue weighted by Gasteiger charge is 2.41. The van der Waals surface area contributed by atoms with E-state index in [1.807, 2.05) is 41.5 Å². The van der Waals surface area contributed by atoms with Crippen LogP contribution in [0.1, 0.15) is 67.2 Å². The number of hydrogen-bond donors (Lipinski definition) is 1. The van der Waals surface area contributed by atoms with Crippen LogP contribution in [0.4, 0.5) is 0 Å². The summed E-state index contributed by atoms with van der Waals surface area (Å²) in [5.74, 6) is 1.32. The Kier molecular flexibility index (Phi) is 21.1. The topological polar surface area (TPSA) is 75.6 Å². The summed E-state index contributed by atoms with van der Waals surface area (Å²) in [6, 6.07) is 1.62. The fraction of sp³-hybridized carbons (Fsp3) is 1.00. The van der Waals surface area contributed by atoms with Crippen molar-refractivity contribution in [2.45, 2.75) is 79.3 Å². The Hall–Kier alpha value is 1.15. The molecule has 0 rings (SSSR count). The predicted octanol–water partition coefficient (Wildman–Crippen LogP) is 5.49. The van der Waals surface area contributed by atoms with Gasteiger partial charge < -0.3 is 31.4 Å². The molecule has 12 heteroatoms. The predicted molar refractivity (Wildman–Crippen MR) is 143 cm³/mol. The lowest BCUT2D eigenvalue weighted by atomic mass is 10.0. The van der Waals surface area contributed by atoms with Crippen LogP contribution in [0.2, 0.25) is 12.1 Å². The molecule has 0 fully saturated rings. The van der Waals surface area contributed by atoms with Crippen LogP contribution in [-0.4, -0.2) is 67.9 Å². The van der Waals surface area contributed by atoms with E-state index in [1.165, 1.54) is 11.4 Å². The van der Waals surface area contributed by atoms with Gasteiger partial charge in [-0.05, 0) is 73.1 Å². The molecule has 0 saturated heterocycles. The average molecular weight is 551 g/mol. The molecule has 0 aromatic rings. The maximum Gasteiger partial charge on any atom is 0.500 e. The Labute approximate surface area is 208 Å². The van der Waals surface area contributed by atoms with Gasteiger partial charge in [0.15, 0.2) is 0 Å². The van der Waals surface area contributed by atoms with E-state index in [0.29, 0.717) is 45.6 Å². The maximum atomic E-state index is 9.70. The lowest BCUT2D eigenvalue weighted by molar-refractivity contribution is 0.0703. The zero-order valence-corrected chi connectivity index (χ0v) is 25.6. The van der Waals surface area contributed by atoms with E-state index in [1.54, 1.807) is 0 Å². The third kappa shape index (κ3) is 14.5. The van der Waals surface area contributed by atoms with Gasteiger partial charge in [-0.15, -0.1) is 11.4 Å². The van der Waals surface area contributed by atoms with Crippen molar-refractivity contribution in [1.82, 2.24) is 0 Å². The summed E-state index contributed by atoms with van der Waals surface area (Å²) >= 11 is 6.59. The standard InChI is InChI=1S/C20H47O7PS2Si2/c1-7-22-31(23-8-2,24-9-3)17-13-15-20(19-30-28(21)29)16-14-18-32(25-10-4,26-11-5)27-12-6/h20,28H,7-19H2,1-6H3,(H,21,29). The van der Waals surface area contributed by atoms with Gasteiger partial charge in [0, 0.05) is 57.5 Å². The first-order valence-corrected chi connectivity index (χ1v) is 20.2. The molecule has 0 aliphatic carbocycles. The molecular formula is C20H47O7PS2Si2. The second-order valence-electron chi connectivity index (χ2n) is 7.19. The van der Waals surface area contributed by atoms with Gasteiger partial charge in [0.05, 0.1) is 0 Å². The number of rotatable bonds is 23. The fourth-order valence-corrected chi connectivity index (χ4v) is 11.5. The largest absolute Gasteiger partial charge is 0.500 e. The van der Waals surface area contributed by atoms with E-state index < -0.39 is 23.7 Å². The average Bonchev–Trinajstić information content (AvgIpc) is 2.73. The minimum atomic E-state index is -2.62. The van der Waals surface area contributed by atoms with Gasteiger partial charge in [-0.3, -0.25) is 0 Å². The fourth-order valence-electron chi connectivity index (χ4n) is 3.72. The Bertz CT molecular complexity index is 415. The molecule has 1 unspecified atom stereocenters. The summed E-state index contributed by atoms with van der Waals surface area (Å²) in [5, 5.41) is 0. The lowest BCUT2D eigenvalue weighted by Crippen LogP contribution is -2.46. The molecule has 0 aliphatic rings. The van der Waals surface area contributed by atoms with Gasteiger partial charge in [0.2, 0.25) is 0 Å². The van der Waals surface area contributed by atoms with Crippen molar-refractivity contribution < 1.29 is 31.4 Å². The van der Waals surface area contributed by atoms with Crippen molar-refractivity contribution in [3.63, 3.8) is 0 Å². The molecule has 0 radical (unpaired) electrons. The van der Waals surface area contributed by atoms with Crippen LogP contribution in [0.15, 0.2) is 0 Å². The lowest BCUT2D eigenvalue weighted by Gasteiger charge is -2.30. The highest BCUT2D eigenvalue weighted by atomic mass is 32.9. The summed E-state index contributed by atoms with van der Waals surface area (Å²) in [6.07, 6.45) is 2.25. The third-order valence-corrected chi connectivity index (χ3v) is 14.3. The van der Waals surface area contributed by atoms with E-state index >= 15 is 0 Å². The van der Waals surface area contributed by atoms with Crippen LogP contribution >= 0.6 is 17.5 Å². The molecular weight excluding hydrogens is 503 g/mol. The van der Waals surface area contributed by atoms with Gasteiger partial charge in [0.1, 0.15) is 6.13 Å². The first-order chi connectivity index (χ1) is 15.4. The van der Waals surface area contributed by atoms with Crippen molar-refractivity contribution in [1.29, 1.82) is 0 Å². The molecule has 0 aromatic heterocycles. The molecule has 0 bridgehead atoms. The van der Waals surface area contributed by atoms with Gasteiger partial charge in [-0.25, -0.2) is 0 Å². The van der Waals surface area contributed by atoms with Gasteiger partial charge >= 0.3 is 17.6 Å². The quantitative estimate of drug-likeness (QED) is 0.131. The second-order valence-corrected chi connectivity index (χ2v) is 17.8. The Balaban J connectivity index is 4.99. The molecule has 1 N–H and O–H groups in total. The maximum absolute atomic E-state index is 9.70. The third-order valence-electron chi connectivity index (χ3n) is 4.82. The monoisotopic (exact) mass is 550 g/mol. The zero-order chi connectivity index (χ0) is 24.3. The normalized spacial score (nSPS) is 13.8. The Morgan fingerprint density at radius 2 is 1.00 bits per heavy atom. The number of hydrogen-bond acceptors (Lipinski definition) is 8. The van der Waals surface area contributed by atoms with Gasteiger partial charge in [-0.2, -0.15) is 0 Å². The second kappa shape index (κ2) is 20.4.